The molecular weight excluding hydrogens is 344 g/mol. The van der Waals surface area contributed by atoms with Crippen molar-refractivity contribution in [3.63, 3.8) is 0 Å². The fraction of sp³-hybridized carbons (Fsp3) is 0.333. The summed E-state index contributed by atoms with van der Waals surface area (Å²) in [4.78, 5) is 26.5. The molecule has 0 saturated heterocycles. The molecule has 0 spiro atoms. The molecule has 0 radical (unpaired) electrons. The van der Waals surface area contributed by atoms with Crippen LogP contribution in [0.3, 0.4) is 0 Å². The number of anilines is 1. The van der Waals surface area contributed by atoms with Gasteiger partial charge in [0.15, 0.2) is 0 Å². The monoisotopic (exact) mass is 370 g/mol. The van der Waals surface area contributed by atoms with Crippen LogP contribution in [-0.4, -0.2) is 44.1 Å². The molecule has 6 heteroatoms. The van der Waals surface area contributed by atoms with Crippen molar-refractivity contribution in [2.45, 2.75) is 19.9 Å². The van der Waals surface area contributed by atoms with Crippen LogP contribution in [-0.2, 0) is 9.53 Å². The van der Waals surface area contributed by atoms with Crippen molar-refractivity contribution in [1.82, 2.24) is 4.90 Å². The number of rotatable bonds is 8. The Morgan fingerprint density at radius 3 is 2.52 bits per heavy atom. The van der Waals surface area contributed by atoms with Gasteiger partial charge in [0.05, 0.1) is 32.0 Å². The van der Waals surface area contributed by atoms with Crippen molar-refractivity contribution in [3.8, 4) is 5.75 Å². The highest BCUT2D eigenvalue weighted by Crippen LogP contribution is 2.24. The molecule has 27 heavy (non-hydrogen) atoms. The summed E-state index contributed by atoms with van der Waals surface area (Å²) in [6, 6.07) is 14.6. The maximum Gasteiger partial charge on any atom is 0.339 e. The summed E-state index contributed by atoms with van der Waals surface area (Å²) in [5.41, 5.74) is 1.84. The molecule has 6 nitrogen and oxygen atoms in total. The van der Waals surface area contributed by atoms with E-state index in [9.17, 15) is 9.59 Å². The number of hydrogen-bond donors (Lipinski definition) is 1. The molecule has 1 unspecified atom stereocenters. The van der Waals surface area contributed by atoms with E-state index in [0.29, 0.717) is 17.8 Å². The number of amides is 1. The minimum Gasteiger partial charge on any atom is -0.497 e. The lowest BCUT2D eigenvalue weighted by atomic mass is 10.1. The highest BCUT2D eigenvalue weighted by atomic mass is 16.5. The number of benzene rings is 2. The van der Waals surface area contributed by atoms with E-state index < -0.39 is 5.97 Å². The van der Waals surface area contributed by atoms with E-state index in [2.05, 4.69) is 5.32 Å². The molecule has 144 valence electrons. The molecular formula is C21H26N2O4. The van der Waals surface area contributed by atoms with Crippen molar-refractivity contribution in [1.29, 1.82) is 0 Å². The van der Waals surface area contributed by atoms with Gasteiger partial charge >= 0.3 is 5.97 Å². The lowest BCUT2D eigenvalue weighted by Crippen LogP contribution is -2.35. The van der Waals surface area contributed by atoms with Gasteiger partial charge < -0.3 is 14.8 Å². The first kappa shape index (κ1) is 20.5. The van der Waals surface area contributed by atoms with Gasteiger partial charge in [-0.1, -0.05) is 31.2 Å². The standard InChI is InChI=1S/C21H26N2O4/c1-5-23(15(2)16-9-8-10-17(13-16)26-3)14-20(24)22-19-12-7-6-11-18(19)21(25)27-4/h6-13,15H,5,14H2,1-4H3,(H,22,24). The number of nitrogens with zero attached hydrogens (tertiary/aromatic N) is 1. The van der Waals surface area contributed by atoms with E-state index >= 15 is 0 Å². The van der Waals surface area contributed by atoms with Crippen molar-refractivity contribution in [2.75, 3.05) is 32.6 Å². The van der Waals surface area contributed by atoms with Crippen molar-refractivity contribution < 1.29 is 19.1 Å². The third-order valence-electron chi connectivity index (χ3n) is 4.48. The van der Waals surface area contributed by atoms with E-state index in [1.165, 1.54) is 7.11 Å². The van der Waals surface area contributed by atoms with Crippen LogP contribution in [0.1, 0.15) is 35.8 Å². The summed E-state index contributed by atoms with van der Waals surface area (Å²) in [5.74, 6) is 0.109. The van der Waals surface area contributed by atoms with Crippen molar-refractivity contribution >= 4 is 17.6 Å². The van der Waals surface area contributed by atoms with Crippen LogP contribution in [0.15, 0.2) is 48.5 Å². The van der Waals surface area contributed by atoms with Gasteiger partial charge in [-0.05, 0) is 43.3 Å². The first-order chi connectivity index (χ1) is 13.0. The maximum absolute atomic E-state index is 12.6. The first-order valence-corrected chi connectivity index (χ1v) is 8.85. The van der Waals surface area contributed by atoms with Gasteiger partial charge in [-0.25, -0.2) is 4.79 Å². The first-order valence-electron chi connectivity index (χ1n) is 8.85. The zero-order valence-corrected chi connectivity index (χ0v) is 16.2. The zero-order valence-electron chi connectivity index (χ0n) is 16.2. The number of carbonyl (C=O) groups is 2. The van der Waals surface area contributed by atoms with Gasteiger partial charge in [-0.15, -0.1) is 0 Å². The molecule has 0 fully saturated rings. The molecule has 1 atom stereocenters. The third-order valence-corrected chi connectivity index (χ3v) is 4.48. The Balaban J connectivity index is 2.10. The molecule has 0 bridgehead atoms. The van der Waals surface area contributed by atoms with Crippen molar-refractivity contribution in [3.05, 3.63) is 59.7 Å². The van der Waals surface area contributed by atoms with E-state index in [4.69, 9.17) is 9.47 Å². The van der Waals surface area contributed by atoms with Crippen LogP contribution < -0.4 is 10.1 Å². The average Bonchev–Trinajstić information content (AvgIpc) is 2.71. The van der Waals surface area contributed by atoms with Gasteiger partial charge in [0.25, 0.3) is 0 Å². The van der Waals surface area contributed by atoms with Crippen LogP contribution in [0.25, 0.3) is 0 Å². The van der Waals surface area contributed by atoms with Crippen LogP contribution in [0.4, 0.5) is 5.69 Å². The second kappa shape index (κ2) is 9.73. The summed E-state index contributed by atoms with van der Waals surface area (Å²) in [5, 5.41) is 2.81. The quantitative estimate of drug-likeness (QED) is 0.720. The normalized spacial score (nSPS) is 11.7. The Morgan fingerprint density at radius 1 is 1.11 bits per heavy atom. The second-order valence-electron chi connectivity index (χ2n) is 6.10. The fourth-order valence-corrected chi connectivity index (χ4v) is 2.89. The lowest BCUT2D eigenvalue weighted by Gasteiger charge is -2.28. The molecule has 0 aliphatic rings. The summed E-state index contributed by atoms with van der Waals surface area (Å²) >= 11 is 0. The third kappa shape index (κ3) is 5.31. The second-order valence-corrected chi connectivity index (χ2v) is 6.10. The summed E-state index contributed by atoms with van der Waals surface area (Å²) in [6.45, 7) is 4.95. The van der Waals surface area contributed by atoms with Crippen molar-refractivity contribution in [2.24, 2.45) is 0 Å². The number of esters is 1. The van der Waals surface area contributed by atoms with Gasteiger partial charge in [0, 0.05) is 6.04 Å². The molecule has 2 aromatic rings. The van der Waals surface area contributed by atoms with Crippen LogP contribution in [0.2, 0.25) is 0 Å². The Morgan fingerprint density at radius 2 is 1.85 bits per heavy atom. The van der Waals surface area contributed by atoms with Crippen LogP contribution in [0.5, 0.6) is 5.75 Å². The summed E-state index contributed by atoms with van der Waals surface area (Å²) < 4.78 is 10.0. The van der Waals surface area contributed by atoms with Gasteiger partial charge in [-0.3, -0.25) is 9.69 Å². The largest absolute Gasteiger partial charge is 0.497 e. The molecule has 0 aliphatic heterocycles. The number of para-hydroxylation sites is 1. The number of carbonyl (C=O) groups excluding carboxylic acids is 2. The molecule has 0 aliphatic carbocycles. The number of ether oxygens (including phenoxy) is 2. The summed E-state index contributed by atoms with van der Waals surface area (Å²) in [7, 11) is 2.95. The van der Waals surface area contributed by atoms with Gasteiger partial charge in [0.2, 0.25) is 5.91 Å². The van der Waals surface area contributed by atoms with E-state index in [1.54, 1.807) is 31.4 Å². The lowest BCUT2D eigenvalue weighted by molar-refractivity contribution is -0.117. The summed E-state index contributed by atoms with van der Waals surface area (Å²) in [6.07, 6.45) is 0. The minimum atomic E-state index is -0.483. The van der Waals surface area contributed by atoms with Gasteiger partial charge in [0.1, 0.15) is 5.75 Å². The molecule has 2 rings (SSSR count). The number of likely N-dealkylation sites (N-methyl/N-ethyl adjacent to an activating group) is 1. The predicted octanol–water partition coefficient (Wildman–Crippen LogP) is 3.50. The SMILES string of the molecule is CCN(CC(=O)Nc1ccccc1C(=O)OC)C(C)c1cccc(OC)c1. The molecule has 0 heterocycles. The maximum atomic E-state index is 12.6. The Kier molecular flexibility index (Phi) is 7.37. The number of methoxy groups -OCH3 is 2. The number of hydrogen-bond acceptors (Lipinski definition) is 5. The highest BCUT2D eigenvalue weighted by molar-refractivity contribution is 6.01. The molecule has 1 amide bonds. The minimum absolute atomic E-state index is 0.0340. The molecule has 0 aromatic heterocycles. The molecule has 0 saturated carbocycles. The molecule has 1 N–H and O–H groups in total. The highest BCUT2D eigenvalue weighted by Gasteiger charge is 2.19. The Hall–Kier alpha value is -2.86. The topological polar surface area (TPSA) is 67.9 Å². The Bertz CT molecular complexity index is 791. The van der Waals surface area contributed by atoms with Crippen LogP contribution >= 0.6 is 0 Å². The fourth-order valence-electron chi connectivity index (χ4n) is 2.89. The van der Waals surface area contributed by atoms with E-state index in [-0.39, 0.29) is 18.5 Å². The average molecular weight is 370 g/mol. The Labute approximate surface area is 160 Å². The number of nitrogens with one attached hydrogen (secondary N) is 1. The van der Waals surface area contributed by atoms with Gasteiger partial charge in [-0.2, -0.15) is 0 Å². The predicted molar refractivity (Wildman–Crippen MR) is 105 cm³/mol. The van der Waals surface area contributed by atoms with Crippen LogP contribution in [0, 0.1) is 0 Å². The molecule has 2 aromatic carbocycles. The smallest absolute Gasteiger partial charge is 0.339 e. The van der Waals surface area contributed by atoms with E-state index in [1.807, 2.05) is 43.0 Å². The van der Waals surface area contributed by atoms with E-state index in [0.717, 1.165) is 11.3 Å². The zero-order chi connectivity index (χ0) is 19.8.